The Kier molecular flexibility index (Phi) is 4.83. The van der Waals surface area contributed by atoms with E-state index < -0.39 is 10.0 Å². The Morgan fingerprint density at radius 2 is 2.16 bits per heavy atom. The van der Waals surface area contributed by atoms with Gasteiger partial charge in [-0.2, -0.15) is 0 Å². The fourth-order valence-electron chi connectivity index (χ4n) is 3.54. The lowest BCUT2D eigenvalue weighted by Crippen LogP contribution is -2.31. The van der Waals surface area contributed by atoms with Crippen LogP contribution < -0.4 is 5.14 Å². The summed E-state index contributed by atoms with van der Waals surface area (Å²) in [5, 5.41) is 6.65. The van der Waals surface area contributed by atoms with Crippen LogP contribution >= 0.6 is 11.6 Å². The molecule has 6 nitrogen and oxygen atoms in total. The van der Waals surface area contributed by atoms with E-state index in [9.17, 15) is 13.2 Å². The molecule has 25 heavy (non-hydrogen) atoms. The van der Waals surface area contributed by atoms with E-state index >= 15 is 0 Å². The summed E-state index contributed by atoms with van der Waals surface area (Å²) in [6.07, 6.45) is 2.46. The molecule has 0 bridgehead atoms. The van der Waals surface area contributed by atoms with E-state index in [0.717, 1.165) is 27.7 Å². The predicted molar refractivity (Wildman–Crippen MR) is 97.1 cm³/mol. The van der Waals surface area contributed by atoms with Crippen LogP contribution in [0.1, 0.15) is 23.1 Å². The topological polar surface area (TPSA) is 93.6 Å². The molecular formula is C17H21ClN2O4S. The number of fused-ring (bicyclic) bond motifs is 1. The number of hydrogen-bond acceptors (Lipinski definition) is 4. The van der Waals surface area contributed by atoms with Crippen LogP contribution in [-0.2, 0) is 21.2 Å². The number of rotatable bonds is 4. The lowest BCUT2D eigenvalue weighted by Gasteiger charge is -2.16. The van der Waals surface area contributed by atoms with Gasteiger partial charge < -0.3 is 9.32 Å². The number of sulfonamides is 1. The van der Waals surface area contributed by atoms with Gasteiger partial charge in [0.15, 0.2) is 0 Å². The summed E-state index contributed by atoms with van der Waals surface area (Å²) in [6, 6.07) is 1.87. The highest BCUT2D eigenvalue weighted by molar-refractivity contribution is 7.89. The molecule has 2 aromatic rings. The minimum atomic E-state index is -3.52. The smallest absolute Gasteiger partial charge is 0.227 e. The standard InChI is InChI=1S/C17H21ClN2O4S/c1-10-5-14-16(11(2)17(10)18)13(8-24-14)6-15(21)20-4-3-12(7-20)9-25(19,22)23/h5,8,12H,3-4,6-7,9H2,1-2H3,(H2,19,22,23)/t12-/m1/s1. The van der Waals surface area contributed by atoms with Gasteiger partial charge in [-0.25, -0.2) is 13.6 Å². The first-order valence-corrected chi connectivity index (χ1v) is 10.2. The van der Waals surface area contributed by atoms with Crippen molar-refractivity contribution >= 4 is 38.5 Å². The second kappa shape index (κ2) is 6.63. The first-order valence-electron chi connectivity index (χ1n) is 8.09. The number of benzene rings is 1. The van der Waals surface area contributed by atoms with Crippen molar-refractivity contribution in [1.29, 1.82) is 0 Å². The summed E-state index contributed by atoms with van der Waals surface area (Å²) >= 11 is 6.32. The Bertz CT molecular complexity index is 936. The summed E-state index contributed by atoms with van der Waals surface area (Å²) in [7, 11) is -3.52. The molecule has 1 amide bonds. The van der Waals surface area contributed by atoms with Crippen LogP contribution in [0.25, 0.3) is 11.0 Å². The average Bonchev–Trinajstić information content (AvgIpc) is 3.10. The Balaban J connectivity index is 1.76. The maximum atomic E-state index is 12.6. The summed E-state index contributed by atoms with van der Waals surface area (Å²) in [4.78, 5) is 14.3. The zero-order valence-electron chi connectivity index (χ0n) is 14.2. The van der Waals surface area contributed by atoms with Crippen LogP contribution in [-0.4, -0.2) is 38.1 Å². The van der Waals surface area contributed by atoms with E-state index in [1.807, 2.05) is 19.9 Å². The van der Waals surface area contributed by atoms with Crippen LogP contribution in [0.2, 0.25) is 5.02 Å². The molecule has 2 N–H and O–H groups in total. The fraction of sp³-hybridized carbons (Fsp3) is 0.471. The molecule has 1 aliphatic heterocycles. The Labute approximate surface area is 152 Å². The van der Waals surface area contributed by atoms with E-state index in [1.165, 1.54) is 0 Å². The molecule has 1 fully saturated rings. The molecule has 8 heteroatoms. The molecular weight excluding hydrogens is 364 g/mol. The van der Waals surface area contributed by atoms with Gasteiger partial charge in [0.2, 0.25) is 15.9 Å². The molecule has 1 saturated heterocycles. The van der Waals surface area contributed by atoms with Gasteiger partial charge in [0.25, 0.3) is 0 Å². The van der Waals surface area contributed by atoms with Crippen molar-refractivity contribution in [2.75, 3.05) is 18.8 Å². The first-order chi connectivity index (χ1) is 11.7. The van der Waals surface area contributed by atoms with Gasteiger partial charge in [-0.3, -0.25) is 4.79 Å². The Hall–Kier alpha value is -1.57. The Morgan fingerprint density at radius 3 is 2.84 bits per heavy atom. The quantitative estimate of drug-likeness (QED) is 0.875. The van der Waals surface area contributed by atoms with Crippen molar-refractivity contribution in [2.24, 2.45) is 11.1 Å². The Morgan fingerprint density at radius 1 is 1.44 bits per heavy atom. The summed E-state index contributed by atoms with van der Waals surface area (Å²) < 4.78 is 28.0. The van der Waals surface area contributed by atoms with Gasteiger partial charge in [-0.15, -0.1) is 0 Å². The number of amides is 1. The molecule has 1 atom stereocenters. The monoisotopic (exact) mass is 384 g/mol. The number of hydrogen-bond donors (Lipinski definition) is 1. The third kappa shape index (κ3) is 3.83. The lowest BCUT2D eigenvalue weighted by molar-refractivity contribution is -0.129. The fourth-order valence-corrected chi connectivity index (χ4v) is 4.61. The third-order valence-electron chi connectivity index (χ3n) is 4.74. The first kappa shape index (κ1) is 18.2. The zero-order valence-corrected chi connectivity index (χ0v) is 15.8. The lowest BCUT2D eigenvalue weighted by atomic mass is 10.0. The molecule has 136 valence electrons. The second-order valence-electron chi connectivity index (χ2n) is 6.77. The van der Waals surface area contributed by atoms with Gasteiger partial charge >= 0.3 is 0 Å². The molecule has 0 radical (unpaired) electrons. The average molecular weight is 385 g/mol. The van der Waals surface area contributed by atoms with Gasteiger partial charge in [0.05, 0.1) is 18.4 Å². The molecule has 1 aromatic heterocycles. The van der Waals surface area contributed by atoms with Crippen LogP contribution in [0.3, 0.4) is 0 Å². The number of primary sulfonamides is 1. The van der Waals surface area contributed by atoms with Gasteiger partial charge in [-0.05, 0) is 43.4 Å². The predicted octanol–water partition coefficient (Wildman–Crippen LogP) is 2.38. The highest BCUT2D eigenvalue weighted by Gasteiger charge is 2.29. The number of aryl methyl sites for hydroxylation is 2. The van der Waals surface area contributed by atoms with Crippen LogP contribution in [0.5, 0.6) is 0 Å². The molecule has 3 rings (SSSR count). The maximum absolute atomic E-state index is 12.6. The van der Waals surface area contributed by atoms with Crippen molar-refractivity contribution in [1.82, 2.24) is 4.90 Å². The number of nitrogens with two attached hydrogens (primary N) is 1. The molecule has 1 aliphatic rings. The van der Waals surface area contributed by atoms with E-state index in [2.05, 4.69) is 0 Å². The van der Waals surface area contributed by atoms with Crippen molar-refractivity contribution in [3.05, 3.63) is 34.0 Å². The number of halogens is 1. The molecule has 2 heterocycles. The van der Waals surface area contributed by atoms with Crippen LogP contribution in [0.4, 0.5) is 0 Å². The maximum Gasteiger partial charge on any atom is 0.227 e. The number of likely N-dealkylation sites (tertiary alicyclic amines) is 1. The van der Waals surface area contributed by atoms with E-state index in [4.69, 9.17) is 21.2 Å². The van der Waals surface area contributed by atoms with E-state index in [1.54, 1.807) is 11.2 Å². The highest BCUT2D eigenvalue weighted by atomic mass is 35.5. The largest absolute Gasteiger partial charge is 0.464 e. The molecule has 1 aromatic carbocycles. The summed E-state index contributed by atoms with van der Waals surface area (Å²) in [5.41, 5.74) is 3.36. The zero-order chi connectivity index (χ0) is 18.4. The summed E-state index contributed by atoms with van der Waals surface area (Å²) in [5.74, 6) is -0.228. The highest BCUT2D eigenvalue weighted by Crippen LogP contribution is 2.33. The minimum Gasteiger partial charge on any atom is -0.464 e. The van der Waals surface area contributed by atoms with Crippen LogP contribution in [0.15, 0.2) is 16.7 Å². The molecule has 0 spiro atoms. The number of carbonyl (C=O) groups excluding carboxylic acids is 1. The summed E-state index contributed by atoms with van der Waals surface area (Å²) in [6.45, 7) is 4.80. The number of furan rings is 1. The van der Waals surface area contributed by atoms with Gasteiger partial charge in [0, 0.05) is 29.1 Å². The molecule has 0 unspecified atom stereocenters. The van der Waals surface area contributed by atoms with Crippen molar-refractivity contribution in [2.45, 2.75) is 26.7 Å². The molecule has 0 saturated carbocycles. The third-order valence-corrected chi connectivity index (χ3v) is 6.26. The van der Waals surface area contributed by atoms with Crippen molar-refractivity contribution < 1.29 is 17.6 Å². The molecule has 0 aliphatic carbocycles. The van der Waals surface area contributed by atoms with Gasteiger partial charge in [0.1, 0.15) is 5.58 Å². The minimum absolute atomic E-state index is 0.0456. The van der Waals surface area contributed by atoms with E-state index in [0.29, 0.717) is 24.5 Å². The number of carbonyl (C=O) groups is 1. The van der Waals surface area contributed by atoms with Crippen molar-refractivity contribution in [3.8, 4) is 0 Å². The normalized spacial score (nSPS) is 18.2. The van der Waals surface area contributed by atoms with E-state index in [-0.39, 0.29) is 24.0 Å². The SMILES string of the molecule is Cc1cc2occ(CC(=O)N3CC[C@@H](CS(N)(=O)=O)C3)c2c(C)c1Cl. The number of nitrogens with zero attached hydrogens (tertiary/aromatic N) is 1. The second-order valence-corrected chi connectivity index (χ2v) is 8.80. The van der Waals surface area contributed by atoms with Crippen molar-refractivity contribution in [3.63, 3.8) is 0 Å². The van der Waals surface area contributed by atoms with Gasteiger partial charge in [-0.1, -0.05) is 11.6 Å². The van der Waals surface area contributed by atoms with Crippen LogP contribution in [0, 0.1) is 19.8 Å².